The fourth-order valence-electron chi connectivity index (χ4n) is 4.94. The molecule has 2 aromatic rings. The fraction of sp³-hybridized carbons (Fsp3) is 0.696. The highest BCUT2D eigenvalue weighted by molar-refractivity contribution is 5.88. The first kappa shape index (κ1) is 22.5. The van der Waals surface area contributed by atoms with Crippen LogP contribution in [0.4, 0.5) is 5.82 Å². The molecule has 1 N–H and O–H groups in total. The van der Waals surface area contributed by atoms with Crippen LogP contribution < -0.4 is 10.2 Å². The van der Waals surface area contributed by atoms with Crippen molar-refractivity contribution in [2.45, 2.75) is 59.3 Å². The van der Waals surface area contributed by atoms with Gasteiger partial charge in [0.25, 0.3) is 5.71 Å². The predicted octanol–water partition coefficient (Wildman–Crippen LogP) is 2.47. The van der Waals surface area contributed by atoms with Gasteiger partial charge in [-0.15, -0.1) is 0 Å². The summed E-state index contributed by atoms with van der Waals surface area (Å²) < 4.78 is 5.46. The predicted molar refractivity (Wildman–Crippen MR) is 121 cm³/mol. The number of carbonyl (C=O) groups excluding carboxylic acids is 2. The minimum absolute atomic E-state index is 0.0306. The van der Waals surface area contributed by atoms with E-state index < -0.39 is 0 Å². The van der Waals surface area contributed by atoms with Gasteiger partial charge in [0.05, 0.1) is 5.69 Å². The number of anilines is 1. The second-order valence-electron chi connectivity index (χ2n) is 9.45. The van der Waals surface area contributed by atoms with E-state index in [1.165, 1.54) is 6.42 Å². The molecule has 174 valence electrons. The summed E-state index contributed by atoms with van der Waals surface area (Å²) in [6.45, 7) is 10.5. The van der Waals surface area contributed by atoms with Crippen LogP contribution in [0.1, 0.15) is 57.5 Å². The van der Waals surface area contributed by atoms with Crippen LogP contribution in [0.3, 0.4) is 0 Å². The Bertz CT molecular complexity index is 964. The average Bonchev–Trinajstić information content (AvgIpc) is 3.33. The van der Waals surface area contributed by atoms with Crippen molar-refractivity contribution in [3.63, 3.8) is 0 Å². The van der Waals surface area contributed by atoms with Gasteiger partial charge in [0.15, 0.2) is 0 Å². The minimum atomic E-state index is -0.0306. The SMILES string of the molecule is Cc1noc2nc(CCC(=O)NCCCN3CCCC3=O)nc(N3C[C@@H](C)C[C@H](C)C3)c12. The number of nitrogens with one attached hydrogen (secondary N) is 1. The van der Waals surface area contributed by atoms with Crippen molar-refractivity contribution in [1.29, 1.82) is 0 Å². The van der Waals surface area contributed by atoms with E-state index >= 15 is 0 Å². The normalized spacial score (nSPS) is 21.5. The number of amides is 2. The number of nitrogens with zero attached hydrogens (tertiary/aromatic N) is 5. The lowest BCUT2D eigenvalue weighted by molar-refractivity contribution is -0.127. The number of hydrogen-bond acceptors (Lipinski definition) is 7. The Labute approximate surface area is 188 Å². The molecule has 2 saturated heterocycles. The molecule has 0 aliphatic carbocycles. The summed E-state index contributed by atoms with van der Waals surface area (Å²) in [7, 11) is 0. The highest BCUT2D eigenvalue weighted by Crippen LogP contribution is 2.31. The molecule has 2 amide bonds. The average molecular weight is 443 g/mol. The number of fused-ring (bicyclic) bond motifs is 1. The number of likely N-dealkylation sites (tertiary alicyclic amines) is 1. The molecule has 2 fully saturated rings. The molecule has 4 heterocycles. The van der Waals surface area contributed by atoms with Crippen molar-refractivity contribution in [1.82, 2.24) is 25.3 Å². The van der Waals surface area contributed by atoms with Crippen LogP contribution in [0, 0.1) is 18.8 Å². The molecule has 0 unspecified atom stereocenters. The monoisotopic (exact) mass is 442 g/mol. The number of hydrogen-bond donors (Lipinski definition) is 1. The van der Waals surface area contributed by atoms with Gasteiger partial charge >= 0.3 is 0 Å². The number of piperidine rings is 1. The molecule has 9 heteroatoms. The summed E-state index contributed by atoms with van der Waals surface area (Å²) in [6.07, 6.45) is 4.33. The molecule has 0 radical (unpaired) electrons. The lowest BCUT2D eigenvalue weighted by atomic mass is 9.92. The maximum Gasteiger partial charge on any atom is 0.263 e. The molecule has 0 aromatic carbocycles. The molecule has 4 rings (SSSR count). The summed E-state index contributed by atoms with van der Waals surface area (Å²) in [4.78, 5) is 37.5. The molecule has 0 bridgehead atoms. The molecule has 9 nitrogen and oxygen atoms in total. The molecule has 32 heavy (non-hydrogen) atoms. The van der Waals surface area contributed by atoms with Crippen molar-refractivity contribution in [2.24, 2.45) is 11.8 Å². The summed E-state index contributed by atoms with van der Waals surface area (Å²) in [6, 6.07) is 0. The van der Waals surface area contributed by atoms with Gasteiger partial charge in [-0.05, 0) is 38.0 Å². The van der Waals surface area contributed by atoms with Crippen LogP contribution in [0.15, 0.2) is 4.52 Å². The Morgan fingerprint density at radius 1 is 1.22 bits per heavy atom. The lowest BCUT2D eigenvalue weighted by Gasteiger charge is -2.36. The fourth-order valence-corrected chi connectivity index (χ4v) is 4.94. The molecule has 2 atom stereocenters. The third-order valence-corrected chi connectivity index (χ3v) is 6.38. The van der Waals surface area contributed by atoms with Crippen LogP contribution in [-0.4, -0.2) is 64.6 Å². The van der Waals surface area contributed by atoms with Crippen LogP contribution >= 0.6 is 0 Å². The van der Waals surface area contributed by atoms with Crippen molar-refractivity contribution in [2.75, 3.05) is 37.6 Å². The number of aromatic nitrogens is 3. The Morgan fingerprint density at radius 3 is 2.72 bits per heavy atom. The van der Waals surface area contributed by atoms with E-state index in [0.717, 1.165) is 49.4 Å². The van der Waals surface area contributed by atoms with Crippen molar-refractivity contribution in [3.05, 3.63) is 11.5 Å². The molecule has 2 aliphatic heterocycles. The summed E-state index contributed by atoms with van der Waals surface area (Å²) in [5.74, 6) is 2.85. The van der Waals surface area contributed by atoms with Gasteiger partial charge < -0.3 is 19.6 Å². The zero-order chi connectivity index (χ0) is 22.7. The van der Waals surface area contributed by atoms with E-state index in [1.54, 1.807) is 0 Å². The second kappa shape index (κ2) is 9.83. The first-order valence-electron chi connectivity index (χ1n) is 11.8. The summed E-state index contributed by atoms with van der Waals surface area (Å²) in [5, 5.41) is 7.92. The maximum absolute atomic E-state index is 12.3. The quantitative estimate of drug-likeness (QED) is 0.626. The Morgan fingerprint density at radius 2 is 2.00 bits per heavy atom. The zero-order valence-electron chi connectivity index (χ0n) is 19.4. The smallest absolute Gasteiger partial charge is 0.263 e. The topological polar surface area (TPSA) is 104 Å². The van der Waals surface area contributed by atoms with Crippen LogP contribution in [0.2, 0.25) is 0 Å². The lowest BCUT2D eigenvalue weighted by Crippen LogP contribution is -2.39. The van der Waals surface area contributed by atoms with Crippen LogP contribution in [0.25, 0.3) is 11.1 Å². The number of aryl methyl sites for hydroxylation is 2. The van der Waals surface area contributed by atoms with E-state index in [1.807, 2.05) is 11.8 Å². The van der Waals surface area contributed by atoms with Gasteiger partial charge in [-0.2, -0.15) is 4.98 Å². The van der Waals surface area contributed by atoms with Crippen LogP contribution in [0.5, 0.6) is 0 Å². The zero-order valence-corrected chi connectivity index (χ0v) is 19.4. The largest absolute Gasteiger partial charge is 0.356 e. The number of rotatable bonds is 8. The van der Waals surface area contributed by atoms with E-state index in [2.05, 4.69) is 34.2 Å². The molecule has 2 aromatic heterocycles. The maximum atomic E-state index is 12.3. The number of carbonyl (C=O) groups is 2. The van der Waals surface area contributed by atoms with Gasteiger partial charge in [0.2, 0.25) is 11.8 Å². The van der Waals surface area contributed by atoms with Crippen molar-refractivity contribution >= 4 is 28.7 Å². The highest BCUT2D eigenvalue weighted by atomic mass is 16.5. The van der Waals surface area contributed by atoms with Crippen LogP contribution in [-0.2, 0) is 16.0 Å². The van der Waals surface area contributed by atoms with Crippen molar-refractivity contribution in [3.8, 4) is 0 Å². The Balaban J connectivity index is 1.35. The van der Waals surface area contributed by atoms with E-state index in [0.29, 0.717) is 55.7 Å². The molecular formula is C23H34N6O3. The van der Waals surface area contributed by atoms with Gasteiger partial charge in [-0.25, -0.2) is 4.98 Å². The van der Waals surface area contributed by atoms with Gasteiger partial charge in [-0.3, -0.25) is 9.59 Å². The molecule has 0 saturated carbocycles. The minimum Gasteiger partial charge on any atom is -0.356 e. The van der Waals surface area contributed by atoms with E-state index in [9.17, 15) is 9.59 Å². The van der Waals surface area contributed by atoms with E-state index in [-0.39, 0.29) is 11.8 Å². The first-order valence-corrected chi connectivity index (χ1v) is 11.8. The van der Waals surface area contributed by atoms with Gasteiger partial charge in [0, 0.05) is 52.0 Å². The third kappa shape index (κ3) is 5.19. The standard InChI is InChI=1S/C23H34N6O3/c1-15-12-16(2)14-29(13-15)22-21-17(3)27-32-23(21)26-18(25-22)7-8-19(30)24-9-5-11-28-10-4-6-20(28)31/h15-16H,4-14H2,1-3H3,(H,24,30)/t15-,16-/m0/s1. The Kier molecular flexibility index (Phi) is 6.91. The van der Waals surface area contributed by atoms with Gasteiger partial charge in [-0.1, -0.05) is 19.0 Å². The Hall–Kier alpha value is -2.71. The van der Waals surface area contributed by atoms with E-state index in [4.69, 9.17) is 9.51 Å². The summed E-state index contributed by atoms with van der Waals surface area (Å²) >= 11 is 0. The summed E-state index contributed by atoms with van der Waals surface area (Å²) in [5.41, 5.74) is 1.28. The second-order valence-corrected chi connectivity index (χ2v) is 9.45. The van der Waals surface area contributed by atoms with Gasteiger partial charge in [0.1, 0.15) is 17.0 Å². The van der Waals surface area contributed by atoms with Crippen molar-refractivity contribution < 1.29 is 14.1 Å². The molecular weight excluding hydrogens is 408 g/mol. The molecule has 2 aliphatic rings. The molecule has 0 spiro atoms. The highest BCUT2D eigenvalue weighted by Gasteiger charge is 2.27. The third-order valence-electron chi connectivity index (χ3n) is 6.38. The first-order chi connectivity index (χ1) is 15.4.